The average molecular weight is 477 g/mol. The molecule has 5 nitrogen and oxygen atoms in total. The molecule has 1 amide bonds. The Balaban J connectivity index is 1.29. The number of carbonyl (C=O) groups excluding carboxylic acids is 1. The molecule has 0 radical (unpaired) electrons. The van der Waals surface area contributed by atoms with E-state index in [1.165, 1.54) is 22.5 Å². The van der Waals surface area contributed by atoms with Crippen molar-refractivity contribution in [3.05, 3.63) is 108 Å². The van der Waals surface area contributed by atoms with Crippen LogP contribution in [0.1, 0.15) is 23.6 Å². The molecule has 4 aromatic carbocycles. The van der Waals surface area contributed by atoms with Gasteiger partial charge >= 0.3 is 0 Å². The van der Waals surface area contributed by atoms with Gasteiger partial charge in [-0.05, 0) is 40.1 Å². The molecule has 0 fully saturated rings. The molecule has 5 aromatic rings. The van der Waals surface area contributed by atoms with Gasteiger partial charge in [-0.1, -0.05) is 90.6 Å². The fourth-order valence-electron chi connectivity index (χ4n) is 4.66. The first-order valence-electron chi connectivity index (χ1n) is 11.7. The highest BCUT2D eigenvalue weighted by molar-refractivity contribution is 7.99. The number of amides is 1. The minimum Gasteiger partial charge on any atom is -0.322 e. The van der Waals surface area contributed by atoms with E-state index in [0.29, 0.717) is 6.42 Å². The second-order valence-corrected chi connectivity index (χ2v) is 9.65. The molecule has 6 heteroatoms. The van der Waals surface area contributed by atoms with E-state index in [0.717, 1.165) is 33.0 Å². The number of hydrogen-bond donors (Lipinski definition) is 0. The zero-order chi connectivity index (χ0) is 23.8. The number of rotatable bonds is 5. The zero-order valence-electron chi connectivity index (χ0n) is 19.3. The Bertz CT molecular complexity index is 1570. The molecule has 0 saturated heterocycles. The molecule has 0 bridgehead atoms. The van der Waals surface area contributed by atoms with Crippen molar-refractivity contribution in [1.82, 2.24) is 14.6 Å². The van der Waals surface area contributed by atoms with Crippen molar-refractivity contribution in [2.75, 3.05) is 5.75 Å². The van der Waals surface area contributed by atoms with Crippen molar-refractivity contribution in [3.8, 4) is 0 Å². The standard InChI is InChI=1S/C29H24N4OS/c1-32-26-14-8-7-13-24(26)30-29(32)35-19-28(34)33-27(21-10-3-2-4-11-21)18-25(31-33)23-16-15-20-9-5-6-12-22(20)17-23/h2-17,27H,18-19H2,1H3. The first kappa shape index (κ1) is 21.6. The van der Waals surface area contributed by atoms with E-state index in [1.807, 2.05) is 66.2 Å². The summed E-state index contributed by atoms with van der Waals surface area (Å²) in [6.45, 7) is 0. The van der Waals surface area contributed by atoms with E-state index in [2.05, 4.69) is 42.5 Å². The molecule has 1 aliphatic heterocycles. The maximum absolute atomic E-state index is 13.5. The third-order valence-electron chi connectivity index (χ3n) is 6.50. The maximum atomic E-state index is 13.5. The Labute approximate surface area is 208 Å². The summed E-state index contributed by atoms with van der Waals surface area (Å²) < 4.78 is 2.04. The zero-order valence-corrected chi connectivity index (χ0v) is 20.2. The molecular weight excluding hydrogens is 452 g/mol. The molecule has 0 saturated carbocycles. The summed E-state index contributed by atoms with van der Waals surface area (Å²) in [7, 11) is 1.99. The number of aromatic nitrogens is 2. The van der Waals surface area contributed by atoms with Crippen LogP contribution in [0.25, 0.3) is 21.8 Å². The van der Waals surface area contributed by atoms with Crippen molar-refractivity contribution in [2.45, 2.75) is 17.6 Å². The maximum Gasteiger partial charge on any atom is 0.253 e. The molecule has 172 valence electrons. The first-order valence-corrected chi connectivity index (χ1v) is 12.6. The van der Waals surface area contributed by atoms with Gasteiger partial charge in [-0.25, -0.2) is 9.99 Å². The summed E-state index contributed by atoms with van der Waals surface area (Å²) in [5, 5.41) is 9.73. The van der Waals surface area contributed by atoms with Crippen LogP contribution in [0.3, 0.4) is 0 Å². The fraction of sp³-hybridized carbons (Fsp3) is 0.138. The number of para-hydroxylation sites is 2. The van der Waals surface area contributed by atoms with Crippen LogP contribution in [-0.4, -0.2) is 31.9 Å². The first-order chi connectivity index (χ1) is 17.2. The van der Waals surface area contributed by atoms with E-state index < -0.39 is 0 Å². The van der Waals surface area contributed by atoms with Gasteiger partial charge in [-0.15, -0.1) is 0 Å². The van der Waals surface area contributed by atoms with Gasteiger partial charge in [-0.3, -0.25) is 4.79 Å². The van der Waals surface area contributed by atoms with Crippen molar-refractivity contribution < 1.29 is 4.79 Å². The molecule has 6 rings (SSSR count). The predicted octanol–water partition coefficient (Wildman–Crippen LogP) is 6.20. The van der Waals surface area contributed by atoms with Crippen LogP contribution in [0.2, 0.25) is 0 Å². The lowest BCUT2D eigenvalue weighted by molar-refractivity contribution is -0.130. The van der Waals surface area contributed by atoms with E-state index in [4.69, 9.17) is 10.1 Å². The third kappa shape index (κ3) is 4.10. The molecule has 1 unspecified atom stereocenters. The van der Waals surface area contributed by atoms with Gasteiger partial charge < -0.3 is 4.57 Å². The van der Waals surface area contributed by atoms with Gasteiger partial charge in [0.25, 0.3) is 5.91 Å². The van der Waals surface area contributed by atoms with Crippen LogP contribution < -0.4 is 0 Å². The third-order valence-corrected chi connectivity index (χ3v) is 7.52. The highest BCUT2D eigenvalue weighted by Crippen LogP contribution is 2.34. The summed E-state index contributed by atoms with van der Waals surface area (Å²) in [6.07, 6.45) is 0.686. The van der Waals surface area contributed by atoms with Crippen LogP contribution in [0.4, 0.5) is 0 Å². The molecular formula is C29H24N4OS. The van der Waals surface area contributed by atoms with Crippen LogP contribution in [0, 0.1) is 0 Å². The van der Waals surface area contributed by atoms with Gasteiger partial charge in [0.15, 0.2) is 5.16 Å². The van der Waals surface area contributed by atoms with Crippen molar-refractivity contribution in [2.24, 2.45) is 12.1 Å². The average Bonchev–Trinajstić information content (AvgIpc) is 3.50. The predicted molar refractivity (Wildman–Crippen MR) is 143 cm³/mol. The quantitative estimate of drug-likeness (QED) is 0.284. The molecule has 0 N–H and O–H groups in total. The lowest BCUT2D eigenvalue weighted by Crippen LogP contribution is -2.28. The molecule has 35 heavy (non-hydrogen) atoms. The summed E-state index contributed by atoms with van der Waals surface area (Å²) in [5.41, 5.74) is 5.08. The number of benzene rings is 4. The van der Waals surface area contributed by atoms with E-state index in [9.17, 15) is 4.79 Å². The monoisotopic (exact) mass is 476 g/mol. The number of carbonyl (C=O) groups is 1. The van der Waals surface area contributed by atoms with Crippen LogP contribution in [0.5, 0.6) is 0 Å². The summed E-state index contributed by atoms with van der Waals surface area (Å²) >= 11 is 1.46. The minimum atomic E-state index is -0.119. The number of fused-ring (bicyclic) bond motifs is 2. The van der Waals surface area contributed by atoms with Gasteiger partial charge in [0, 0.05) is 13.5 Å². The Morgan fingerprint density at radius 2 is 1.66 bits per heavy atom. The lowest BCUT2D eigenvalue weighted by Gasteiger charge is -2.21. The number of hydrazone groups is 1. The summed E-state index contributed by atoms with van der Waals surface area (Å²) in [6, 6.07) is 32.8. The number of hydrogen-bond acceptors (Lipinski definition) is 4. The van der Waals surface area contributed by atoms with Gasteiger partial charge in [0.2, 0.25) is 0 Å². The minimum absolute atomic E-state index is 0.0216. The van der Waals surface area contributed by atoms with Gasteiger partial charge in [-0.2, -0.15) is 5.10 Å². The molecule has 1 atom stereocenters. The van der Waals surface area contributed by atoms with Gasteiger partial charge in [0.1, 0.15) is 0 Å². The molecule has 2 heterocycles. The SMILES string of the molecule is Cn1c(SCC(=O)N2N=C(c3ccc4ccccc4c3)CC2c2ccccc2)nc2ccccc21. The molecule has 0 spiro atoms. The highest BCUT2D eigenvalue weighted by Gasteiger charge is 2.33. The number of nitrogens with zero attached hydrogens (tertiary/aromatic N) is 4. The second kappa shape index (κ2) is 9.04. The number of thioether (sulfide) groups is 1. The normalized spacial score (nSPS) is 15.6. The van der Waals surface area contributed by atoms with E-state index >= 15 is 0 Å². The van der Waals surface area contributed by atoms with Crippen molar-refractivity contribution >= 4 is 45.2 Å². The lowest BCUT2D eigenvalue weighted by atomic mass is 9.97. The smallest absolute Gasteiger partial charge is 0.253 e. The molecule has 1 aromatic heterocycles. The Hall–Kier alpha value is -3.90. The van der Waals surface area contributed by atoms with Crippen molar-refractivity contribution in [3.63, 3.8) is 0 Å². The Kier molecular flexibility index (Phi) is 5.58. The van der Waals surface area contributed by atoms with Gasteiger partial charge in [0.05, 0.1) is 28.5 Å². The summed E-state index contributed by atoms with van der Waals surface area (Å²) in [4.78, 5) is 18.2. The van der Waals surface area contributed by atoms with E-state index in [-0.39, 0.29) is 17.7 Å². The van der Waals surface area contributed by atoms with Crippen molar-refractivity contribution in [1.29, 1.82) is 0 Å². The number of imidazole rings is 1. The topological polar surface area (TPSA) is 50.5 Å². The fourth-order valence-corrected chi connectivity index (χ4v) is 5.50. The molecule has 0 aliphatic carbocycles. The second-order valence-electron chi connectivity index (χ2n) is 8.71. The van der Waals surface area contributed by atoms with Crippen LogP contribution >= 0.6 is 11.8 Å². The Morgan fingerprint density at radius 3 is 2.49 bits per heavy atom. The number of aryl methyl sites for hydroxylation is 1. The molecule has 1 aliphatic rings. The van der Waals surface area contributed by atoms with E-state index in [1.54, 1.807) is 5.01 Å². The highest BCUT2D eigenvalue weighted by atomic mass is 32.2. The summed E-state index contributed by atoms with van der Waals surface area (Å²) in [5.74, 6) is 0.251. The Morgan fingerprint density at radius 1 is 0.914 bits per heavy atom. The largest absolute Gasteiger partial charge is 0.322 e. The van der Waals surface area contributed by atoms with Crippen LogP contribution in [-0.2, 0) is 11.8 Å². The van der Waals surface area contributed by atoms with Crippen LogP contribution in [0.15, 0.2) is 107 Å².